The lowest BCUT2D eigenvalue weighted by molar-refractivity contribution is -0.129. The van der Waals surface area contributed by atoms with Gasteiger partial charge in [-0.1, -0.05) is 26.2 Å². The Morgan fingerprint density at radius 3 is 2.38 bits per heavy atom. The molecule has 0 spiro atoms. The molecule has 0 unspecified atom stereocenters. The molecule has 1 amide bonds. The number of hydrogen-bond acceptors (Lipinski definition) is 2. The quantitative estimate of drug-likeness (QED) is 0.612. The van der Waals surface area contributed by atoms with E-state index in [9.17, 15) is 4.79 Å². The number of amides is 1. The predicted octanol–water partition coefficient (Wildman–Crippen LogP) is 1.41. The molecule has 0 aliphatic carbocycles. The van der Waals surface area contributed by atoms with Gasteiger partial charge in [0.1, 0.15) is 0 Å². The zero-order valence-corrected chi connectivity index (χ0v) is 8.75. The van der Waals surface area contributed by atoms with Gasteiger partial charge in [0.25, 0.3) is 0 Å². The first-order valence-corrected chi connectivity index (χ1v) is 5.08. The first kappa shape index (κ1) is 12.4. The molecular weight excluding hydrogens is 166 g/mol. The van der Waals surface area contributed by atoms with Crippen molar-refractivity contribution < 1.29 is 9.90 Å². The smallest absolute Gasteiger partial charge is 0.219 e. The van der Waals surface area contributed by atoms with Crippen molar-refractivity contribution in [2.24, 2.45) is 0 Å². The molecule has 1 N–H and O–H groups in total. The van der Waals surface area contributed by atoms with Crippen molar-refractivity contribution in [1.29, 1.82) is 0 Å². The third kappa shape index (κ3) is 6.58. The number of aliphatic hydroxyl groups excluding tert-OH is 1. The van der Waals surface area contributed by atoms with E-state index >= 15 is 0 Å². The Morgan fingerprint density at radius 2 is 1.92 bits per heavy atom. The highest BCUT2D eigenvalue weighted by atomic mass is 16.3. The average molecular weight is 187 g/mol. The third-order valence-corrected chi connectivity index (χ3v) is 2.10. The van der Waals surface area contributed by atoms with Gasteiger partial charge in [-0.25, -0.2) is 0 Å². The summed E-state index contributed by atoms with van der Waals surface area (Å²) in [7, 11) is 0. The molecule has 0 aliphatic heterocycles. The number of aliphatic hydroxyl groups is 1. The Balaban J connectivity index is 3.51. The van der Waals surface area contributed by atoms with Crippen molar-refractivity contribution in [2.45, 2.75) is 39.5 Å². The maximum atomic E-state index is 11.0. The molecule has 0 aromatic carbocycles. The lowest BCUT2D eigenvalue weighted by Gasteiger charge is -2.19. The van der Waals surface area contributed by atoms with Crippen molar-refractivity contribution in [1.82, 2.24) is 4.90 Å². The molecule has 0 aromatic rings. The van der Waals surface area contributed by atoms with Crippen LogP contribution in [0.25, 0.3) is 0 Å². The first-order valence-electron chi connectivity index (χ1n) is 5.08. The van der Waals surface area contributed by atoms with E-state index in [1.165, 1.54) is 19.3 Å². The molecular formula is C10H21NO2. The molecule has 0 radical (unpaired) electrons. The first-order chi connectivity index (χ1) is 6.22. The summed E-state index contributed by atoms with van der Waals surface area (Å²) in [4.78, 5) is 12.7. The van der Waals surface area contributed by atoms with Gasteiger partial charge >= 0.3 is 0 Å². The molecule has 3 heteroatoms. The third-order valence-electron chi connectivity index (χ3n) is 2.10. The molecule has 0 saturated heterocycles. The number of unbranched alkanes of at least 4 members (excludes halogenated alkanes) is 3. The Hall–Kier alpha value is -0.570. The van der Waals surface area contributed by atoms with Crippen LogP contribution in [0, 0.1) is 0 Å². The molecule has 78 valence electrons. The Kier molecular flexibility index (Phi) is 7.69. The molecule has 0 saturated carbocycles. The maximum absolute atomic E-state index is 11.0. The van der Waals surface area contributed by atoms with Crippen LogP contribution in [0.4, 0.5) is 0 Å². The second-order valence-electron chi connectivity index (χ2n) is 3.29. The van der Waals surface area contributed by atoms with Crippen molar-refractivity contribution in [3.8, 4) is 0 Å². The van der Waals surface area contributed by atoms with Gasteiger partial charge in [-0.3, -0.25) is 4.79 Å². The minimum absolute atomic E-state index is 0.0607. The number of rotatable bonds is 7. The second kappa shape index (κ2) is 8.05. The van der Waals surface area contributed by atoms with E-state index in [0.717, 1.165) is 13.0 Å². The van der Waals surface area contributed by atoms with Crippen LogP contribution in [0.15, 0.2) is 0 Å². The van der Waals surface area contributed by atoms with Gasteiger partial charge in [0.2, 0.25) is 5.91 Å². The van der Waals surface area contributed by atoms with Crippen LogP contribution < -0.4 is 0 Å². The minimum Gasteiger partial charge on any atom is -0.395 e. The van der Waals surface area contributed by atoms with Crippen LogP contribution in [0.2, 0.25) is 0 Å². The average Bonchev–Trinajstić information content (AvgIpc) is 2.10. The van der Waals surface area contributed by atoms with Gasteiger partial charge in [-0.2, -0.15) is 0 Å². The van der Waals surface area contributed by atoms with Gasteiger partial charge in [-0.15, -0.1) is 0 Å². The fourth-order valence-electron chi connectivity index (χ4n) is 1.28. The summed E-state index contributed by atoms with van der Waals surface area (Å²) in [6.07, 6.45) is 4.66. The van der Waals surface area contributed by atoms with Crippen molar-refractivity contribution >= 4 is 5.91 Å². The van der Waals surface area contributed by atoms with Crippen LogP contribution in [0.1, 0.15) is 39.5 Å². The number of hydrogen-bond donors (Lipinski definition) is 1. The molecule has 13 heavy (non-hydrogen) atoms. The van der Waals surface area contributed by atoms with E-state index < -0.39 is 0 Å². The molecule has 0 fully saturated rings. The topological polar surface area (TPSA) is 40.5 Å². The maximum Gasteiger partial charge on any atom is 0.219 e. The lowest BCUT2D eigenvalue weighted by atomic mass is 10.2. The van der Waals surface area contributed by atoms with E-state index in [-0.39, 0.29) is 12.5 Å². The Labute approximate surface area is 80.7 Å². The van der Waals surface area contributed by atoms with E-state index in [1.54, 1.807) is 11.8 Å². The minimum atomic E-state index is 0.0607. The molecule has 0 rings (SSSR count). The Morgan fingerprint density at radius 1 is 1.23 bits per heavy atom. The molecule has 0 aliphatic rings. The molecule has 3 nitrogen and oxygen atoms in total. The highest BCUT2D eigenvalue weighted by Gasteiger charge is 2.05. The van der Waals surface area contributed by atoms with Crippen molar-refractivity contribution in [3.63, 3.8) is 0 Å². The molecule has 0 aromatic heterocycles. The van der Waals surface area contributed by atoms with Gasteiger partial charge in [-0.05, 0) is 6.42 Å². The second-order valence-corrected chi connectivity index (χ2v) is 3.29. The summed E-state index contributed by atoms with van der Waals surface area (Å²) in [5.41, 5.74) is 0. The number of carbonyl (C=O) groups excluding carboxylic acids is 1. The summed E-state index contributed by atoms with van der Waals surface area (Å²) in [5, 5.41) is 8.69. The summed E-state index contributed by atoms with van der Waals surface area (Å²) >= 11 is 0. The van der Waals surface area contributed by atoms with Crippen LogP contribution in [0.5, 0.6) is 0 Å². The summed E-state index contributed by atoms with van der Waals surface area (Å²) < 4.78 is 0. The van der Waals surface area contributed by atoms with Gasteiger partial charge < -0.3 is 10.0 Å². The number of nitrogens with zero attached hydrogens (tertiary/aromatic N) is 1. The van der Waals surface area contributed by atoms with Crippen molar-refractivity contribution in [3.05, 3.63) is 0 Å². The summed E-state index contributed by atoms with van der Waals surface area (Å²) in [5.74, 6) is 0.0607. The highest BCUT2D eigenvalue weighted by Crippen LogP contribution is 2.01. The molecule has 0 atom stereocenters. The molecule has 0 heterocycles. The van der Waals surface area contributed by atoms with E-state index in [1.807, 2.05) is 0 Å². The largest absolute Gasteiger partial charge is 0.395 e. The van der Waals surface area contributed by atoms with Crippen LogP contribution in [-0.4, -0.2) is 35.6 Å². The Bertz CT molecular complexity index is 137. The summed E-state index contributed by atoms with van der Waals surface area (Å²) in [6, 6.07) is 0. The van der Waals surface area contributed by atoms with Crippen LogP contribution >= 0.6 is 0 Å². The molecule has 0 bridgehead atoms. The van der Waals surface area contributed by atoms with Gasteiger partial charge in [0.15, 0.2) is 0 Å². The number of carbonyl (C=O) groups is 1. The van der Waals surface area contributed by atoms with Crippen LogP contribution in [0.3, 0.4) is 0 Å². The fraction of sp³-hybridized carbons (Fsp3) is 0.900. The standard InChI is InChI=1S/C10H21NO2/c1-3-4-5-6-7-11(8-9-12)10(2)13/h12H,3-9H2,1-2H3. The predicted molar refractivity (Wildman–Crippen MR) is 53.5 cm³/mol. The van der Waals surface area contributed by atoms with Gasteiger partial charge in [0.05, 0.1) is 6.61 Å². The van der Waals surface area contributed by atoms with Gasteiger partial charge in [0, 0.05) is 20.0 Å². The zero-order valence-electron chi connectivity index (χ0n) is 8.75. The summed E-state index contributed by atoms with van der Waals surface area (Å²) in [6.45, 7) is 5.04. The monoisotopic (exact) mass is 187 g/mol. The normalized spacial score (nSPS) is 10.1. The highest BCUT2D eigenvalue weighted by molar-refractivity contribution is 5.73. The van der Waals surface area contributed by atoms with Crippen LogP contribution in [-0.2, 0) is 4.79 Å². The van der Waals surface area contributed by atoms with E-state index in [2.05, 4.69) is 6.92 Å². The zero-order chi connectivity index (χ0) is 10.1. The van der Waals surface area contributed by atoms with E-state index in [0.29, 0.717) is 6.54 Å². The fourth-order valence-corrected chi connectivity index (χ4v) is 1.28. The van der Waals surface area contributed by atoms with E-state index in [4.69, 9.17) is 5.11 Å². The van der Waals surface area contributed by atoms with Crippen molar-refractivity contribution in [2.75, 3.05) is 19.7 Å². The SMILES string of the molecule is CCCCCCN(CCO)C(C)=O. The lowest BCUT2D eigenvalue weighted by Crippen LogP contribution is -2.32.